The summed E-state index contributed by atoms with van der Waals surface area (Å²) in [4.78, 5) is 10.3. The molecule has 0 aliphatic heterocycles. The molecule has 0 atom stereocenters. The monoisotopic (exact) mass is 421 g/mol. The number of methoxy groups -OCH3 is 3. The Bertz CT molecular complexity index is 1060. The molecule has 4 rings (SSSR count). The molecule has 30 heavy (non-hydrogen) atoms. The zero-order valence-corrected chi connectivity index (χ0v) is 18.0. The highest BCUT2D eigenvalue weighted by Gasteiger charge is 2.14. The van der Waals surface area contributed by atoms with Gasteiger partial charge in [-0.3, -0.25) is 4.98 Å². The van der Waals surface area contributed by atoms with Crippen molar-refractivity contribution in [2.24, 2.45) is 0 Å². The smallest absolute Gasteiger partial charge is 0.203 e. The van der Waals surface area contributed by atoms with Crippen molar-refractivity contribution in [2.45, 2.75) is 22.8 Å². The molecule has 0 radical (unpaired) electrons. The second-order valence-corrected chi connectivity index (χ2v) is 7.72. The largest absolute Gasteiger partial charge is 0.493 e. The average molecular weight is 422 g/mol. The van der Waals surface area contributed by atoms with Crippen molar-refractivity contribution in [3.8, 4) is 17.2 Å². The van der Waals surface area contributed by atoms with Gasteiger partial charge in [0.1, 0.15) is 10.8 Å². The molecule has 0 saturated carbocycles. The number of hydrogen-bond acceptors (Lipinski definition) is 7. The van der Waals surface area contributed by atoms with E-state index in [1.165, 1.54) is 16.0 Å². The second-order valence-electron chi connectivity index (χ2n) is 6.65. The third kappa shape index (κ3) is 4.21. The van der Waals surface area contributed by atoms with Crippen molar-refractivity contribution in [3.05, 3.63) is 59.9 Å². The van der Waals surface area contributed by atoms with Gasteiger partial charge >= 0.3 is 0 Å². The summed E-state index contributed by atoms with van der Waals surface area (Å²) in [5.74, 6) is 2.32. The summed E-state index contributed by atoms with van der Waals surface area (Å²) in [7, 11) is 4.76. The molecular weight excluding hydrogens is 398 g/mol. The summed E-state index contributed by atoms with van der Waals surface area (Å²) in [6.07, 6.45) is 10.1. The first-order valence-electron chi connectivity index (χ1n) is 9.57. The summed E-state index contributed by atoms with van der Waals surface area (Å²) in [6, 6.07) is 10.1. The lowest BCUT2D eigenvalue weighted by Gasteiger charge is -2.15. The Labute approximate surface area is 180 Å². The van der Waals surface area contributed by atoms with Gasteiger partial charge in [0.15, 0.2) is 11.5 Å². The minimum absolute atomic E-state index is 0.544. The van der Waals surface area contributed by atoms with E-state index in [4.69, 9.17) is 19.2 Å². The number of anilines is 2. The van der Waals surface area contributed by atoms with Crippen LogP contribution in [0.3, 0.4) is 0 Å². The van der Waals surface area contributed by atoms with E-state index in [9.17, 15) is 0 Å². The third-order valence-corrected chi connectivity index (χ3v) is 5.77. The van der Waals surface area contributed by atoms with Crippen molar-refractivity contribution >= 4 is 29.3 Å². The zero-order valence-electron chi connectivity index (χ0n) is 17.1. The van der Waals surface area contributed by atoms with Crippen LogP contribution in [0, 0.1) is 0 Å². The maximum Gasteiger partial charge on any atom is 0.203 e. The summed E-state index contributed by atoms with van der Waals surface area (Å²) < 4.78 is 16.2. The molecule has 0 unspecified atom stereocenters. The van der Waals surface area contributed by atoms with Crippen LogP contribution in [0.2, 0.25) is 0 Å². The van der Waals surface area contributed by atoms with Crippen LogP contribution in [0.5, 0.6) is 17.2 Å². The molecule has 2 aromatic carbocycles. The fourth-order valence-electron chi connectivity index (χ4n) is 3.40. The fourth-order valence-corrected chi connectivity index (χ4v) is 4.34. The normalized spacial score (nSPS) is 12.2. The maximum atomic E-state index is 5.42. The molecule has 0 bridgehead atoms. The van der Waals surface area contributed by atoms with E-state index >= 15 is 0 Å². The van der Waals surface area contributed by atoms with Gasteiger partial charge in [-0.25, -0.2) is 4.98 Å². The minimum Gasteiger partial charge on any atom is -0.493 e. The van der Waals surface area contributed by atoms with Crippen LogP contribution in [0.4, 0.5) is 11.5 Å². The molecule has 0 fully saturated rings. The van der Waals surface area contributed by atoms with Crippen molar-refractivity contribution in [2.75, 3.05) is 26.6 Å². The van der Waals surface area contributed by atoms with Gasteiger partial charge in [-0.15, -0.1) is 0 Å². The number of allylic oxidation sites excluding steroid dienone is 1. The van der Waals surface area contributed by atoms with Gasteiger partial charge in [-0.05, 0) is 30.0 Å². The number of ether oxygens (including phenoxy) is 3. The first-order chi connectivity index (χ1) is 14.7. The minimum atomic E-state index is 0.544. The predicted molar refractivity (Wildman–Crippen MR) is 119 cm³/mol. The van der Waals surface area contributed by atoms with Crippen molar-refractivity contribution < 1.29 is 14.2 Å². The topological polar surface area (TPSA) is 65.5 Å². The highest BCUT2D eigenvalue weighted by molar-refractivity contribution is 7.99. The fraction of sp³-hybridized carbons (Fsp3) is 0.217. The highest BCUT2D eigenvalue weighted by Crippen LogP contribution is 2.40. The molecule has 0 spiro atoms. The zero-order chi connectivity index (χ0) is 20.9. The summed E-state index contributed by atoms with van der Waals surface area (Å²) in [5, 5.41) is 4.10. The molecular formula is C23H23N3O3S. The van der Waals surface area contributed by atoms with E-state index < -0.39 is 0 Å². The van der Waals surface area contributed by atoms with E-state index in [1.807, 2.05) is 12.1 Å². The number of nitrogens with zero attached hydrogens (tertiary/aromatic N) is 2. The second kappa shape index (κ2) is 9.09. The number of aromatic nitrogens is 2. The lowest BCUT2D eigenvalue weighted by molar-refractivity contribution is 0.324. The molecule has 1 aliphatic rings. The van der Waals surface area contributed by atoms with Crippen molar-refractivity contribution in [1.82, 2.24) is 9.97 Å². The third-order valence-electron chi connectivity index (χ3n) is 4.79. The van der Waals surface area contributed by atoms with Crippen LogP contribution in [-0.2, 0) is 6.42 Å². The number of nitrogens with one attached hydrogen (secondary N) is 1. The predicted octanol–water partition coefficient (Wildman–Crippen LogP) is 5.36. The molecule has 0 amide bonds. The van der Waals surface area contributed by atoms with Gasteiger partial charge in [-0.1, -0.05) is 36.0 Å². The van der Waals surface area contributed by atoms with Crippen LogP contribution in [0.1, 0.15) is 17.5 Å². The molecule has 3 aromatic rings. The molecule has 1 aromatic heterocycles. The Morgan fingerprint density at radius 1 is 1.00 bits per heavy atom. The molecule has 1 heterocycles. The first-order valence-corrected chi connectivity index (χ1v) is 10.4. The van der Waals surface area contributed by atoms with Crippen LogP contribution in [0.25, 0.3) is 6.08 Å². The maximum absolute atomic E-state index is 5.42. The van der Waals surface area contributed by atoms with Crippen LogP contribution in [-0.4, -0.2) is 31.3 Å². The Balaban J connectivity index is 1.59. The van der Waals surface area contributed by atoms with Crippen LogP contribution in [0.15, 0.2) is 58.7 Å². The lowest BCUT2D eigenvalue weighted by Crippen LogP contribution is -2.00. The number of benzene rings is 2. The number of hydrogen-bond donors (Lipinski definition) is 1. The van der Waals surface area contributed by atoms with Crippen LogP contribution >= 0.6 is 11.8 Å². The number of aryl methyl sites for hydroxylation is 1. The van der Waals surface area contributed by atoms with Gasteiger partial charge in [0.05, 0.1) is 33.7 Å². The Hall–Kier alpha value is -3.19. The molecule has 154 valence electrons. The molecule has 7 heteroatoms. The molecule has 1 aliphatic carbocycles. The van der Waals surface area contributed by atoms with Gasteiger partial charge < -0.3 is 19.5 Å². The summed E-state index contributed by atoms with van der Waals surface area (Å²) >= 11 is 1.61. The van der Waals surface area contributed by atoms with Crippen LogP contribution < -0.4 is 19.5 Å². The van der Waals surface area contributed by atoms with E-state index in [0.29, 0.717) is 23.1 Å². The number of rotatable bonds is 7. The quantitative estimate of drug-likeness (QED) is 0.551. The van der Waals surface area contributed by atoms with E-state index in [2.05, 4.69) is 40.7 Å². The molecule has 0 saturated heterocycles. The average Bonchev–Trinajstić information content (AvgIpc) is 2.79. The SMILES string of the molecule is COc1cc(Nc2cncc(Sc3cccc4c3C=CCC4)n2)cc(OC)c1OC. The van der Waals surface area contributed by atoms with E-state index in [1.54, 1.807) is 45.5 Å². The van der Waals surface area contributed by atoms with Gasteiger partial charge in [0.25, 0.3) is 0 Å². The highest BCUT2D eigenvalue weighted by atomic mass is 32.2. The lowest BCUT2D eigenvalue weighted by atomic mass is 9.98. The van der Waals surface area contributed by atoms with Gasteiger partial charge in [0, 0.05) is 22.7 Å². The molecule has 6 nitrogen and oxygen atoms in total. The number of fused-ring (bicyclic) bond motifs is 1. The standard InChI is InChI=1S/C23H23N3O3S/c1-27-18-11-16(12-19(28-2)23(18)29-3)25-21-13-24-14-22(26-21)30-20-10-6-8-15-7-4-5-9-17(15)20/h5-6,8-14H,4,7H2,1-3H3,(H,25,26). The van der Waals surface area contributed by atoms with Crippen molar-refractivity contribution in [1.29, 1.82) is 0 Å². The molecule has 1 N–H and O–H groups in total. The van der Waals surface area contributed by atoms with Gasteiger partial charge in [0.2, 0.25) is 5.75 Å². The Morgan fingerprint density at radius 2 is 1.80 bits per heavy atom. The van der Waals surface area contributed by atoms with Crippen molar-refractivity contribution in [3.63, 3.8) is 0 Å². The Morgan fingerprint density at radius 3 is 2.53 bits per heavy atom. The first kappa shape index (κ1) is 20.1. The summed E-state index contributed by atoms with van der Waals surface area (Å²) in [5.41, 5.74) is 3.42. The van der Waals surface area contributed by atoms with Gasteiger partial charge in [-0.2, -0.15) is 0 Å². The summed E-state index contributed by atoms with van der Waals surface area (Å²) in [6.45, 7) is 0. The van der Waals surface area contributed by atoms with E-state index in [0.717, 1.165) is 23.6 Å². The Kier molecular flexibility index (Phi) is 6.09. The van der Waals surface area contributed by atoms with E-state index in [-0.39, 0.29) is 0 Å².